The van der Waals surface area contributed by atoms with E-state index in [0.29, 0.717) is 17.5 Å². The minimum absolute atomic E-state index is 0.00621. The number of carbonyl (C=O) groups excluding carboxylic acids is 1. The van der Waals surface area contributed by atoms with Crippen molar-refractivity contribution in [3.8, 4) is 5.75 Å². The van der Waals surface area contributed by atoms with E-state index < -0.39 is 0 Å². The topological polar surface area (TPSA) is 39.2 Å². The number of pyridine rings is 1. The third-order valence-corrected chi connectivity index (χ3v) is 5.18. The van der Waals surface area contributed by atoms with Crippen LogP contribution in [-0.2, 0) is 0 Å². The fourth-order valence-corrected chi connectivity index (χ4v) is 4.14. The Hall–Kier alpha value is -2.42. The summed E-state index contributed by atoms with van der Waals surface area (Å²) in [4.78, 5) is 17.3. The second-order valence-electron chi connectivity index (χ2n) is 6.35. The molecular weight excluding hydrogens is 286 g/mol. The molecule has 1 saturated carbocycles. The molecule has 0 spiro atoms. The molecule has 2 aliphatic rings. The van der Waals surface area contributed by atoms with E-state index in [1.807, 2.05) is 30.3 Å². The molecule has 1 aromatic carbocycles. The van der Waals surface area contributed by atoms with Gasteiger partial charge in [0.25, 0.3) is 0 Å². The molecule has 0 saturated heterocycles. The minimum atomic E-state index is -0.00621. The second-order valence-corrected chi connectivity index (χ2v) is 6.35. The fraction of sp³-hybridized carbons (Fsp3) is 0.300. The van der Waals surface area contributed by atoms with Crippen LogP contribution in [-0.4, -0.2) is 17.9 Å². The van der Waals surface area contributed by atoms with Crippen LogP contribution in [0.5, 0.6) is 5.75 Å². The summed E-state index contributed by atoms with van der Waals surface area (Å²) in [6.07, 6.45) is 7.26. The smallest absolute Gasteiger partial charge is 0.185 e. The van der Waals surface area contributed by atoms with Gasteiger partial charge in [0, 0.05) is 18.0 Å². The van der Waals surface area contributed by atoms with Crippen LogP contribution >= 0.6 is 0 Å². The number of aromatic nitrogens is 1. The standard InChI is InChI=1S/C20H19NO2/c1-23-16-9-7-13(8-10-16)18-14-5-6-15(12-14)19(18)20(22)17-4-2-3-11-21-17/h2-11,14-15,18-19H,12H2,1H3/t14-,15+,18-,19+/m0/s1. The summed E-state index contributed by atoms with van der Waals surface area (Å²) in [5.74, 6) is 2.04. The normalized spacial score (nSPS) is 28.0. The van der Waals surface area contributed by atoms with Gasteiger partial charge in [-0.25, -0.2) is 0 Å². The number of methoxy groups -OCH3 is 1. The summed E-state index contributed by atoms with van der Waals surface area (Å²) in [5, 5.41) is 0. The Morgan fingerprint density at radius 1 is 1.09 bits per heavy atom. The van der Waals surface area contributed by atoms with E-state index in [2.05, 4.69) is 29.3 Å². The first-order valence-electron chi connectivity index (χ1n) is 8.05. The first-order valence-corrected chi connectivity index (χ1v) is 8.05. The Morgan fingerprint density at radius 3 is 2.57 bits per heavy atom. The van der Waals surface area contributed by atoms with Crippen molar-refractivity contribution < 1.29 is 9.53 Å². The molecule has 4 atom stereocenters. The first-order chi connectivity index (χ1) is 11.3. The van der Waals surface area contributed by atoms with E-state index in [4.69, 9.17) is 4.74 Å². The molecular formula is C20H19NO2. The van der Waals surface area contributed by atoms with E-state index in [9.17, 15) is 4.79 Å². The number of rotatable bonds is 4. The van der Waals surface area contributed by atoms with Crippen LogP contribution in [0.25, 0.3) is 0 Å². The number of carbonyl (C=O) groups is 1. The largest absolute Gasteiger partial charge is 0.497 e. The van der Waals surface area contributed by atoms with Crippen molar-refractivity contribution in [2.24, 2.45) is 17.8 Å². The highest BCUT2D eigenvalue weighted by Crippen LogP contribution is 2.53. The molecule has 116 valence electrons. The van der Waals surface area contributed by atoms with Gasteiger partial charge in [0.15, 0.2) is 5.78 Å². The Kier molecular flexibility index (Phi) is 3.49. The number of ether oxygens (including phenoxy) is 1. The quantitative estimate of drug-likeness (QED) is 0.635. The summed E-state index contributed by atoms with van der Waals surface area (Å²) in [6, 6.07) is 13.7. The fourth-order valence-electron chi connectivity index (χ4n) is 4.14. The van der Waals surface area contributed by atoms with E-state index in [1.165, 1.54) is 5.56 Å². The van der Waals surface area contributed by atoms with Gasteiger partial charge >= 0.3 is 0 Å². The number of hydrogen-bond donors (Lipinski definition) is 0. The number of Topliss-reactive ketones (excluding diaryl/α,β-unsaturated/α-hetero) is 1. The van der Waals surface area contributed by atoms with Gasteiger partial charge in [-0.2, -0.15) is 0 Å². The Bertz CT molecular complexity index is 736. The van der Waals surface area contributed by atoms with E-state index >= 15 is 0 Å². The Morgan fingerprint density at radius 2 is 1.87 bits per heavy atom. The number of allylic oxidation sites excluding steroid dienone is 2. The highest BCUT2D eigenvalue weighted by Gasteiger charge is 2.48. The maximum Gasteiger partial charge on any atom is 0.185 e. The number of ketones is 1. The molecule has 4 rings (SSSR count). The van der Waals surface area contributed by atoms with Crippen LogP contribution in [0.1, 0.15) is 28.4 Å². The van der Waals surface area contributed by atoms with Crippen LogP contribution in [0.15, 0.2) is 60.8 Å². The van der Waals surface area contributed by atoms with Crippen LogP contribution in [0, 0.1) is 17.8 Å². The lowest BCUT2D eigenvalue weighted by Crippen LogP contribution is -2.27. The van der Waals surface area contributed by atoms with Gasteiger partial charge in [0.1, 0.15) is 11.4 Å². The Balaban J connectivity index is 1.69. The van der Waals surface area contributed by atoms with Gasteiger partial charge in [0.05, 0.1) is 7.11 Å². The van der Waals surface area contributed by atoms with Crippen molar-refractivity contribution in [1.82, 2.24) is 4.98 Å². The number of hydrogen-bond acceptors (Lipinski definition) is 3. The van der Waals surface area contributed by atoms with Crippen LogP contribution in [0.4, 0.5) is 0 Å². The molecule has 2 bridgehead atoms. The second kappa shape index (κ2) is 5.65. The molecule has 0 aliphatic heterocycles. The third-order valence-electron chi connectivity index (χ3n) is 5.18. The van der Waals surface area contributed by atoms with Crippen molar-refractivity contribution in [3.63, 3.8) is 0 Å². The molecule has 3 nitrogen and oxygen atoms in total. The summed E-state index contributed by atoms with van der Waals surface area (Å²) in [5.41, 5.74) is 1.80. The van der Waals surface area contributed by atoms with Gasteiger partial charge < -0.3 is 4.74 Å². The van der Waals surface area contributed by atoms with Gasteiger partial charge in [-0.05, 0) is 48.1 Å². The monoisotopic (exact) mass is 305 g/mol. The number of fused-ring (bicyclic) bond motifs is 2. The highest BCUT2D eigenvalue weighted by molar-refractivity contribution is 5.97. The zero-order valence-electron chi connectivity index (χ0n) is 13.1. The number of nitrogens with zero attached hydrogens (tertiary/aromatic N) is 1. The molecule has 0 radical (unpaired) electrons. The lowest BCUT2D eigenvalue weighted by Gasteiger charge is -2.27. The first kappa shape index (κ1) is 14.2. The van der Waals surface area contributed by atoms with Crippen LogP contribution in [0.3, 0.4) is 0 Å². The highest BCUT2D eigenvalue weighted by atomic mass is 16.5. The van der Waals surface area contributed by atoms with Gasteiger partial charge in [-0.1, -0.05) is 30.4 Å². The van der Waals surface area contributed by atoms with Crippen LogP contribution < -0.4 is 4.74 Å². The zero-order valence-corrected chi connectivity index (χ0v) is 13.1. The summed E-state index contributed by atoms with van der Waals surface area (Å²) in [6.45, 7) is 0. The SMILES string of the molecule is COc1ccc([C@@H]2[C@H](C(=O)c3ccccn3)[C@@H]3C=C[C@H]2C3)cc1. The molecule has 0 unspecified atom stereocenters. The van der Waals surface area contributed by atoms with Crippen molar-refractivity contribution >= 4 is 5.78 Å². The molecule has 23 heavy (non-hydrogen) atoms. The average molecular weight is 305 g/mol. The van der Waals surface area contributed by atoms with Gasteiger partial charge in [0.2, 0.25) is 0 Å². The molecule has 2 aromatic rings. The lowest BCUT2D eigenvalue weighted by molar-refractivity contribution is 0.0881. The summed E-state index contributed by atoms with van der Waals surface area (Å²) < 4.78 is 5.25. The molecule has 3 heteroatoms. The third kappa shape index (κ3) is 2.37. The predicted molar refractivity (Wildman–Crippen MR) is 88.5 cm³/mol. The lowest BCUT2D eigenvalue weighted by atomic mass is 9.75. The minimum Gasteiger partial charge on any atom is -0.497 e. The maximum absolute atomic E-state index is 13.0. The van der Waals surface area contributed by atoms with E-state index in [1.54, 1.807) is 13.3 Å². The van der Waals surface area contributed by atoms with E-state index in [0.717, 1.165) is 12.2 Å². The molecule has 2 aliphatic carbocycles. The summed E-state index contributed by atoms with van der Waals surface area (Å²) in [7, 11) is 1.67. The average Bonchev–Trinajstić information content (AvgIpc) is 3.23. The maximum atomic E-state index is 13.0. The van der Waals surface area contributed by atoms with Crippen LogP contribution in [0.2, 0.25) is 0 Å². The van der Waals surface area contributed by atoms with Gasteiger partial charge in [-0.3, -0.25) is 9.78 Å². The van der Waals surface area contributed by atoms with Crippen molar-refractivity contribution in [2.75, 3.05) is 7.11 Å². The molecule has 0 N–H and O–H groups in total. The van der Waals surface area contributed by atoms with Gasteiger partial charge in [-0.15, -0.1) is 0 Å². The van der Waals surface area contributed by atoms with Crippen molar-refractivity contribution in [1.29, 1.82) is 0 Å². The molecule has 1 fully saturated rings. The Labute approximate surface area is 136 Å². The zero-order chi connectivity index (χ0) is 15.8. The molecule has 1 aromatic heterocycles. The molecule has 1 heterocycles. The van der Waals surface area contributed by atoms with Crippen molar-refractivity contribution in [2.45, 2.75) is 12.3 Å². The molecule has 0 amide bonds. The van der Waals surface area contributed by atoms with Crippen molar-refractivity contribution in [3.05, 3.63) is 72.1 Å². The predicted octanol–water partition coefficient (Wildman–Crippen LogP) is 3.88. The number of benzene rings is 1. The van der Waals surface area contributed by atoms with E-state index in [-0.39, 0.29) is 17.6 Å². The summed E-state index contributed by atoms with van der Waals surface area (Å²) >= 11 is 0.